The van der Waals surface area contributed by atoms with Crippen LogP contribution in [0.5, 0.6) is 0 Å². The van der Waals surface area contributed by atoms with Crippen LogP contribution in [0.3, 0.4) is 0 Å². The number of nitrogens with one attached hydrogen (secondary N) is 2. The van der Waals surface area contributed by atoms with Crippen LogP contribution in [-0.2, 0) is 25.7 Å². The third-order valence-corrected chi connectivity index (χ3v) is 9.66. The lowest BCUT2D eigenvalue weighted by Crippen LogP contribution is -2.23. The Morgan fingerprint density at radius 3 is 2.51 bits per heavy atom. The fourth-order valence-electron chi connectivity index (χ4n) is 7.51. The van der Waals surface area contributed by atoms with Crippen molar-refractivity contribution in [2.24, 2.45) is 17.8 Å². The van der Waals surface area contributed by atoms with Crippen molar-refractivity contribution in [3.8, 4) is 0 Å². The number of aromatic amines is 1. The number of carbonyl (C=O) groups excluding carboxylic acids is 1. The minimum Gasteiger partial charge on any atom is -0.377 e. The average molecular weight is 523 g/mol. The van der Waals surface area contributed by atoms with Gasteiger partial charge in [0.25, 0.3) is 5.56 Å². The minimum absolute atomic E-state index is 0.00710. The average Bonchev–Trinajstić information content (AvgIpc) is 3.63. The van der Waals surface area contributed by atoms with Crippen LogP contribution < -0.4 is 10.9 Å². The fourth-order valence-corrected chi connectivity index (χ4v) is 7.51. The summed E-state index contributed by atoms with van der Waals surface area (Å²) in [6.45, 7) is 6.61. The van der Waals surface area contributed by atoms with Crippen LogP contribution in [0.15, 0.2) is 47.4 Å². The Morgan fingerprint density at radius 1 is 0.897 bits per heavy atom. The smallest absolute Gasteiger partial charge is 0.253 e. The lowest BCUT2D eigenvalue weighted by atomic mass is 9.88. The van der Waals surface area contributed by atoms with Gasteiger partial charge in [-0.1, -0.05) is 62.4 Å². The monoisotopic (exact) mass is 522 g/mol. The zero-order valence-corrected chi connectivity index (χ0v) is 23.7. The van der Waals surface area contributed by atoms with Crippen LogP contribution in [0.1, 0.15) is 101 Å². The second-order valence-electron chi connectivity index (χ2n) is 12.7. The molecule has 0 spiro atoms. The molecular weight excluding hydrogens is 480 g/mol. The molecule has 2 N–H and O–H groups in total. The van der Waals surface area contributed by atoms with Crippen molar-refractivity contribution in [3.05, 3.63) is 97.5 Å². The van der Waals surface area contributed by atoms with Crippen LogP contribution >= 0.6 is 0 Å². The molecule has 0 saturated heterocycles. The first-order valence-electron chi connectivity index (χ1n) is 15.1. The molecule has 2 heterocycles. The highest BCUT2D eigenvalue weighted by atomic mass is 16.1. The first-order chi connectivity index (χ1) is 18.9. The van der Waals surface area contributed by atoms with Crippen LogP contribution in [0.2, 0.25) is 0 Å². The summed E-state index contributed by atoms with van der Waals surface area (Å²) in [7, 11) is 0. The van der Waals surface area contributed by atoms with E-state index in [-0.39, 0.29) is 17.5 Å². The second kappa shape index (κ2) is 10.8. The SMILES string of the molecule is Cc1ccc(C)c(CC(C)Cc2cc[nH]c(=O)c2C2Cc3cc4c(cc3N2)C(=O)C(CCC2CCCC2)C4)c1. The van der Waals surface area contributed by atoms with E-state index < -0.39 is 0 Å². The molecule has 2 aromatic carbocycles. The number of benzene rings is 2. The van der Waals surface area contributed by atoms with Gasteiger partial charge in [0.2, 0.25) is 0 Å². The van der Waals surface area contributed by atoms with Crippen LogP contribution in [0.25, 0.3) is 0 Å². The van der Waals surface area contributed by atoms with Gasteiger partial charge in [-0.3, -0.25) is 9.59 Å². The van der Waals surface area contributed by atoms with Gasteiger partial charge in [0.15, 0.2) is 5.78 Å². The first-order valence-corrected chi connectivity index (χ1v) is 15.1. The lowest BCUT2D eigenvalue weighted by Gasteiger charge is -2.19. The molecule has 3 unspecified atom stereocenters. The van der Waals surface area contributed by atoms with Crippen LogP contribution in [0, 0.1) is 31.6 Å². The van der Waals surface area contributed by atoms with E-state index in [4.69, 9.17) is 0 Å². The van der Waals surface area contributed by atoms with Gasteiger partial charge in [0.1, 0.15) is 0 Å². The zero-order valence-electron chi connectivity index (χ0n) is 23.7. The molecule has 2 aliphatic carbocycles. The summed E-state index contributed by atoms with van der Waals surface area (Å²) in [5.74, 6) is 1.73. The largest absolute Gasteiger partial charge is 0.377 e. The maximum absolute atomic E-state index is 13.3. The van der Waals surface area contributed by atoms with Gasteiger partial charge < -0.3 is 10.3 Å². The van der Waals surface area contributed by atoms with Gasteiger partial charge in [-0.25, -0.2) is 0 Å². The molecule has 6 rings (SSSR count). The maximum Gasteiger partial charge on any atom is 0.253 e. The molecule has 4 heteroatoms. The first kappa shape index (κ1) is 26.1. The van der Waals surface area contributed by atoms with Gasteiger partial charge in [0.05, 0.1) is 6.04 Å². The Hall–Kier alpha value is -3.14. The number of carbonyl (C=O) groups is 1. The highest BCUT2D eigenvalue weighted by molar-refractivity contribution is 6.03. The number of aromatic nitrogens is 1. The summed E-state index contributed by atoms with van der Waals surface area (Å²) in [5, 5.41) is 3.64. The third-order valence-electron chi connectivity index (χ3n) is 9.66. The number of H-pyrrole nitrogens is 1. The molecular formula is C35H42N2O2. The normalized spacial score (nSPS) is 21.2. The lowest BCUT2D eigenvalue weighted by molar-refractivity contribution is 0.0926. The van der Waals surface area contributed by atoms with E-state index in [1.807, 2.05) is 0 Å². The summed E-state index contributed by atoms with van der Waals surface area (Å²) in [5.41, 5.74) is 10.4. The summed E-state index contributed by atoms with van der Waals surface area (Å²) < 4.78 is 0. The van der Waals surface area contributed by atoms with E-state index in [2.05, 4.69) is 67.5 Å². The molecule has 204 valence electrons. The molecule has 3 aromatic rings. The molecule has 1 saturated carbocycles. The van der Waals surface area contributed by atoms with E-state index in [0.29, 0.717) is 11.7 Å². The van der Waals surface area contributed by atoms with E-state index in [1.165, 1.54) is 59.9 Å². The van der Waals surface area contributed by atoms with Crippen molar-refractivity contribution in [2.75, 3.05) is 5.32 Å². The molecule has 0 amide bonds. The Kier molecular flexibility index (Phi) is 7.22. The number of pyridine rings is 1. The van der Waals surface area contributed by atoms with Crippen molar-refractivity contribution in [3.63, 3.8) is 0 Å². The van der Waals surface area contributed by atoms with E-state index >= 15 is 0 Å². The molecule has 1 aromatic heterocycles. The number of ketones is 1. The maximum atomic E-state index is 13.3. The van der Waals surface area contributed by atoms with E-state index in [9.17, 15) is 9.59 Å². The molecule has 4 nitrogen and oxygen atoms in total. The number of Topliss-reactive ketones (excluding diaryl/α,β-unsaturated/α-hetero) is 1. The predicted octanol–water partition coefficient (Wildman–Crippen LogP) is 7.45. The number of hydrogen-bond acceptors (Lipinski definition) is 3. The predicted molar refractivity (Wildman–Crippen MR) is 159 cm³/mol. The summed E-state index contributed by atoms with van der Waals surface area (Å²) in [6.07, 6.45) is 13.0. The number of aryl methyl sites for hydroxylation is 2. The quantitative estimate of drug-likeness (QED) is 0.323. The fraction of sp³-hybridized carbons (Fsp3) is 0.486. The molecule has 3 aliphatic rings. The van der Waals surface area contributed by atoms with Crippen LogP contribution in [-0.4, -0.2) is 10.8 Å². The molecule has 1 fully saturated rings. The van der Waals surface area contributed by atoms with Gasteiger partial charge in [-0.15, -0.1) is 0 Å². The van der Waals surface area contributed by atoms with Crippen LogP contribution in [0.4, 0.5) is 5.69 Å². The molecule has 0 radical (unpaired) electrons. The van der Waals surface area contributed by atoms with Crippen molar-refractivity contribution >= 4 is 11.5 Å². The minimum atomic E-state index is -0.0661. The van der Waals surface area contributed by atoms with Crippen molar-refractivity contribution in [2.45, 2.75) is 91.0 Å². The van der Waals surface area contributed by atoms with Crippen molar-refractivity contribution < 1.29 is 4.79 Å². The van der Waals surface area contributed by atoms with Gasteiger partial charge >= 0.3 is 0 Å². The highest BCUT2D eigenvalue weighted by Crippen LogP contribution is 2.41. The number of anilines is 1. The number of fused-ring (bicyclic) bond motifs is 2. The Balaban J connectivity index is 1.16. The van der Waals surface area contributed by atoms with E-state index in [0.717, 1.165) is 60.4 Å². The van der Waals surface area contributed by atoms with Gasteiger partial charge in [0, 0.05) is 28.9 Å². The third kappa shape index (κ3) is 5.35. The van der Waals surface area contributed by atoms with Gasteiger partial charge in [-0.05, 0) is 104 Å². The summed E-state index contributed by atoms with van der Waals surface area (Å²) in [4.78, 5) is 29.4. The number of rotatable bonds is 8. The molecule has 1 aliphatic heterocycles. The zero-order chi connectivity index (χ0) is 27.1. The number of hydrogen-bond donors (Lipinski definition) is 2. The Morgan fingerprint density at radius 2 is 1.69 bits per heavy atom. The molecule has 0 bridgehead atoms. The highest BCUT2D eigenvalue weighted by Gasteiger charge is 2.35. The van der Waals surface area contributed by atoms with Crippen molar-refractivity contribution in [1.29, 1.82) is 0 Å². The van der Waals surface area contributed by atoms with Gasteiger partial charge in [-0.2, -0.15) is 0 Å². The standard InChI is InChI=1S/C35H42N2O2/c1-21-8-9-23(3)27(14-21)16-22(2)15-25-12-13-36-35(39)33(25)32-19-29-18-28-17-26(11-10-24-6-4-5-7-24)34(38)30(28)20-31(29)37-32/h8-9,12-14,18,20,22,24,26,32,37H,4-7,10-11,15-17,19H2,1-3H3,(H,36,39). The summed E-state index contributed by atoms with van der Waals surface area (Å²) >= 11 is 0. The van der Waals surface area contributed by atoms with Crippen molar-refractivity contribution in [1.82, 2.24) is 4.98 Å². The molecule has 39 heavy (non-hydrogen) atoms. The topological polar surface area (TPSA) is 62.0 Å². The molecule has 3 atom stereocenters. The second-order valence-corrected chi connectivity index (χ2v) is 12.7. The van der Waals surface area contributed by atoms with E-state index in [1.54, 1.807) is 6.20 Å². The Bertz CT molecular complexity index is 1450. The summed E-state index contributed by atoms with van der Waals surface area (Å²) in [6, 6.07) is 13.0. The Labute approximate surface area is 232 Å².